The maximum Gasteiger partial charge on any atom is 0.371 e. The molecule has 5 heteroatoms. The Morgan fingerprint density at radius 2 is 2.26 bits per heavy atom. The largest absolute Gasteiger partial charge is 0.475 e. The van der Waals surface area contributed by atoms with Crippen LogP contribution in [0.4, 0.5) is 0 Å². The van der Waals surface area contributed by atoms with Crippen molar-refractivity contribution in [1.29, 1.82) is 0 Å². The van der Waals surface area contributed by atoms with E-state index in [4.69, 9.17) is 14.3 Å². The van der Waals surface area contributed by atoms with Gasteiger partial charge in [-0.2, -0.15) is 0 Å². The summed E-state index contributed by atoms with van der Waals surface area (Å²) in [6.45, 7) is 6.31. The Kier molecular flexibility index (Phi) is 3.69. The second-order valence-electron chi connectivity index (χ2n) is 5.73. The molecule has 2 rings (SSSR count). The van der Waals surface area contributed by atoms with Gasteiger partial charge >= 0.3 is 5.97 Å². The van der Waals surface area contributed by atoms with Gasteiger partial charge in [0.1, 0.15) is 5.76 Å². The first-order valence-electron chi connectivity index (χ1n) is 6.48. The van der Waals surface area contributed by atoms with E-state index in [1.807, 2.05) is 6.92 Å². The number of hydrogen-bond acceptors (Lipinski definition) is 4. The number of carboxylic acid groups (broad SMARTS) is 1. The van der Waals surface area contributed by atoms with E-state index in [1.165, 1.54) is 6.07 Å². The lowest BCUT2D eigenvalue weighted by atomic mass is 9.64. The molecule has 1 saturated carbocycles. The number of carbonyl (C=O) groups is 1. The van der Waals surface area contributed by atoms with Crippen LogP contribution < -0.4 is 5.32 Å². The number of hydrogen-bond donors (Lipinski definition) is 2. The van der Waals surface area contributed by atoms with Crippen molar-refractivity contribution in [2.75, 3.05) is 7.11 Å². The van der Waals surface area contributed by atoms with Crippen LogP contribution in [-0.2, 0) is 4.74 Å². The molecule has 1 aliphatic rings. The molecule has 1 aromatic heterocycles. The molecule has 0 bridgehead atoms. The molecule has 0 amide bonds. The lowest BCUT2D eigenvalue weighted by molar-refractivity contribution is -0.100. The topological polar surface area (TPSA) is 71.7 Å². The monoisotopic (exact) mass is 267 g/mol. The van der Waals surface area contributed by atoms with Gasteiger partial charge in [0.15, 0.2) is 0 Å². The molecule has 1 aliphatic carbocycles. The van der Waals surface area contributed by atoms with E-state index in [0.717, 1.165) is 6.42 Å². The SMILES string of the molecule is COC1CC(NC(C)c2ccc(C(=O)O)o2)C1(C)C. The summed E-state index contributed by atoms with van der Waals surface area (Å²) in [6.07, 6.45) is 1.23. The zero-order valence-electron chi connectivity index (χ0n) is 11.8. The molecule has 106 valence electrons. The number of carboxylic acids is 1. The summed E-state index contributed by atoms with van der Waals surface area (Å²) in [5, 5.41) is 12.3. The van der Waals surface area contributed by atoms with Crippen molar-refractivity contribution in [2.45, 2.75) is 45.4 Å². The molecule has 0 aromatic carbocycles. The molecule has 3 unspecified atom stereocenters. The van der Waals surface area contributed by atoms with Crippen LogP contribution in [0.2, 0.25) is 0 Å². The molecule has 0 aliphatic heterocycles. The predicted octanol–water partition coefficient (Wildman–Crippen LogP) is 2.44. The molecule has 19 heavy (non-hydrogen) atoms. The van der Waals surface area contributed by atoms with Crippen LogP contribution in [0.15, 0.2) is 16.5 Å². The summed E-state index contributed by atoms with van der Waals surface area (Å²) in [5.74, 6) is -0.415. The second-order valence-corrected chi connectivity index (χ2v) is 5.73. The zero-order valence-corrected chi connectivity index (χ0v) is 11.8. The number of ether oxygens (including phenoxy) is 1. The van der Waals surface area contributed by atoms with Crippen molar-refractivity contribution in [3.63, 3.8) is 0 Å². The van der Waals surface area contributed by atoms with Crippen LogP contribution in [0.3, 0.4) is 0 Å². The highest BCUT2D eigenvalue weighted by atomic mass is 16.5. The van der Waals surface area contributed by atoms with Gasteiger partial charge in [0.25, 0.3) is 0 Å². The molecule has 2 N–H and O–H groups in total. The first-order valence-corrected chi connectivity index (χ1v) is 6.48. The average molecular weight is 267 g/mol. The van der Waals surface area contributed by atoms with E-state index in [-0.39, 0.29) is 23.3 Å². The Labute approximate surface area is 112 Å². The zero-order chi connectivity index (χ0) is 14.2. The summed E-state index contributed by atoms with van der Waals surface area (Å²) < 4.78 is 10.7. The first kappa shape index (κ1) is 14.1. The Morgan fingerprint density at radius 3 is 2.74 bits per heavy atom. The molecular formula is C14H21NO4. The van der Waals surface area contributed by atoms with Gasteiger partial charge < -0.3 is 19.6 Å². The van der Waals surface area contributed by atoms with E-state index in [1.54, 1.807) is 13.2 Å². The summed E-state index contributed by atoms with van der Waals surface area (Å²) in [4.78, 5) is 10.8. The quantitative estimate of drug-likeness (QED) is 0.857. The van der Waals surface area contributed by atoms with Gasteiger partial charge in [-0.1, -0.05) is 13.8 Å². The standard InChI is InChI=1S/C14H21NO4/c1-8(9-5-6-10(19-9)13(16)17)15-11-7-12(18-4)14(11,2)3/h5-6,8,11-12,15H,7H2,1-4H3,(H,16,17). The Bertz CT molecular complexity index is 466. The lowest BCUT2D eigenvalue weighted by Crippen LogP contribution is -2.60. The van der Waals surface area contributed by atoms with Gasteiger partial charge in [-0.3, -0.25) is 0 Å². The van der Waals surface area contributed by atoms with Gasteiger partial charge in [-0.05, 0) is 25.5 Å². The number of nitrogens with one attached hydrogen (secondary N) is 1. The molecule has 1 fully saturated rings. The van der Waals surface area contributed by atoms with Crippen molar-refractivity contribution >= 4 is 5.97 Å². The van der Waals surface area contributed by atoms with Crippen LogP contribution >= 0.6 is 0 Å². The highest BCUT2D eigenvalue weighted by molar-refractivity contribution is 5.84. The summed E-state index contributed by atoms with van der Waals surface area (Å²) in [7, 11) is 1.73. The fraction of sp³-hybridized carbons (Fsp3) is 0.643. The molecular weight excluding hydrogens is 246 g/mol. The van der Waals surface area contributed by atoms with E-state index in [2.05, 4.69) is 19.2 Å². The maximum atomic E-state index is 10.8. The van der Waals surface area contributed by atoms with Crippen molar-refractivity contribution in [3.8, 4) is 0 Å². The predicted molar refractivity (Wildman–Crippen MR) is 70.2 cm³/mol. The highest BCUT2D eigenvalue weighted by Crippen LogP contribution is 2.43. The summed E-state index contributed by atoms with van der Waals surface area (Å²) in [5.41, 5.74) is 0.0746. The lowest BCUT2D eigenvalue weighted by Gasteiger charge is -2.52. The third kappa shape index (κ3) is 2.53. The minimum atomic E-state index is -1.04. The van der Waals surface area contributed by atoms with Gasteiger partial charge in [0, 0.05) is 18.6 Å². The molecule has 3 atom stereocenters. The van der Waals surface area contributed by atoms with Crippen LogP contribution in [0.1, 0.15) is 49.5 Å². The Balaban J connectivity index is 1.98. The summed E-state index contributed by atoms with van der Waals surface area (Å²) >= 11 is 0. The van der Waals surface area contributed by atoms with Crippen molar-refractivity contribution < 1.29 is 19.1 Å². The second kappa shape index (κ2) is 4.98. The van der Waals surface area contributed by atoms with E-state index < -0.39 is 5.97 Å². The van der Waals surface area contributed by atoms with E-state index >= 15 is 0 Å². The number of rotatable bonds is 5. The maximum absolute atomic E-state index is 10.8. The van der Waals surface area contributed by atoms with Crippen molar-refractivity contribution in [2.24, 2.45) is 5.41 Å². The number of aromatic carboxylic acids is 1. The van der Waals surface area contributed by atoms with Crippen LogP contribution in [-0.4, -0.2) is 30.3 Å². The molecule has 0 spiro atoms. The summed E-state index contributed by atoms with van der Waals surface area (Å²) in [6, 6.07) is 3.52. The van der Waals surface area contributed by atoms with Gasteiger partial charge in [0.05, 0.1) is 12.1 Å². The average Bonchev–Trinajstić information content (AvgIpc) is 2.83. The first-order chi connectivity index (χ1) is 8.86. The normalized spacial score (nSPS) is 26.7. The van der Waals surface area contributed by atoms with Crippen LogP contribution in [0.5, 0.6) is 0 Å². The number of furan rings is 1. The fourth-order valence-corrected chi connectivity index (χ4v) is 2.65. The van der Waals surface area contributed by atoms with E-state index in [0.29, 0.717) is 11.8 Å². The van der Waals surface area contributed by atoms with Gasteiger partial charge in [0.2, 0.25) is 5.76 Å². The molecule has 5 nitrogen and oxygen atoms in total. The van der Waals surface area contributed by atoms with Crippen molar-refractivity contribution in [1.82, 2.24) is 5.32 Å². The van der Waals surface area contributed by atoms with Gasteiger partial charge in [-0.25, -0.2) is 4.79 Å². The van der Waals surface area contributed by atoms with Crippen LogP contribution in [0, 0.1) is 5.41 Å². The smallest absolute Gasteiger partial charge is 0.371 e. The number of methoxy groups -OCH3 is 1. The van der Waals surface area contributed by atoms with Crippen molar-refractivity contribution in [3.05, 3.63) is 23.7 Å². The third-order valence-electron chi connectivity index (χ3n) is 4.18. The minimum absolute atomic E-state index is 0.0184. The van der Waals surface area contributed by atoms with Gasteiger partial charge in [-0.15, -0.1) is 0 Å². The highest BCUT2D eigenvalue weighted by Gasteiger charge is 2.48. The third-order valence-corrected chi connectivity index (χ3v) is 4.18. The Morgan fingerprint density at radius 1 is 1.58 bits per heavy atom. The fourth-order valence-electron chi connectivity index (χ4n) is 2.65. The Hall–Kier alpha value is -1.33. The molecule has 1 aromatic rings. The molecule has 0 saturated heterocycles. The van der Waals surface area contributed by atoms with E-state index in [9.17, 15) is 4.79 Å². The molecule has 0 radical (unpaired) electrons. The minimum Gasteiger partial charge on any atom is -0.475 e. The van der Waals surface area contributed by atoms with Crippen LogP contribution in [0.25, 0.3) is 0 Å². The molecule has 1 heterocycles.